The number of carbonyl (C=O) groups excluding carboxylic acids is 3. The Balaban J connectivity index is 2.06. The number of hydrogen-bond acceptors (Lipinski definition) is 4. The Bertz CT molecular complexity index is 1240. The molecule has 5 heteroatoms. The lowest BCUT2D eigenvalue weighted by atomic mass is 9.95. The molecule has 0 bridgehead atoms. The van der Waals surface area contributed by atoms with E-state index in [0.717, 1.165) is 28.0 Å². The smallest absolute Gasteiger partial charge is 0.338 e. The normalized spacial score (nSPS) is 12.4. The predicted molar refractivity (Wildman–Crippen MR) is 101 cm³/mol. The quantitative estimate of drug-likeness (QED) is 0.529. The maximum atomic E-state index is 12.2. The molecule has 1 amide bonds. The van der Waals surface area contributed by atoms with Gasteiger partial charge in [-0.1, -0.05) is 30.3 Å². The molecule has 0 saturated carbocycles. The maximum Gasteiger partial charge on any atom is 0.338 e. The number of benzene rings is 3. The van der Waals surface area contributed by atoms with E-state index >= 15 is 0 Å². The summed E-state index contributed by atoms with van der Waals surface area (Å²) >= 11 is 0. The fraction of sp³-hybridized carbons (Fsp3) is 0.0455. The average Bonchev–Trinajstić information content (AvgIpc) is 2.71. The Morgan fingerprint density at radius 2 is 1.85 bits per heavy atom. The van der Waals surface area contributed by atoms with Crippen LogP contribution in [-0.4, -0.2) is 25.3 Å². The van der Waals surface area contributed by atoms with Crippen LogP contribution >= 0.6 is 0 Å². The molecule has 0 saturated heterocycles. The third-order valence-electron chi connectivity index (χ3n) is 4.57. The zero-order valence-corrected chi connectivity index (χ0v) is 14.4. The third kappa shape index (κ3) is 2.89. The SMILES string of the molecule is COC(=O)c1cc2c(c3cc(-c4cccc(C=O)c4)ccc13)=C[N]C(=O)C=2. The van der Waals surface area contributed by atoms with Gasteiger partial charge in [0.25, 0.3) is 5.91 Å². The largest absolute Gasteiger partial charge is 0.465 e. The lowest BCUT2D eigenvalue weighted by Gasteiger charge is -2.11. The number of rotatable bonds is 3. The highest BCUT2D eigenvalue weighted by molar-refractivity contribution is 6.10. The summed E-state index contributed by atoms with van der Waals surface area (Å²) in [6.45, 7) is 0. The van der Waals surface area contributed by atoms with Crippen molar-refractivity contribution in [1.29, 1.82) is 0 Å². The van der Waals surface area contributed by atoms with Crippen molar-refractivity contribution >= 4 is 41.2 Å². The van der Waals surface area contributed by atoms with E-state index in [-0.39, 0.29) is 5.91 Å². The second-order valence-corrected chi connectivity index (χ2v) is 6.16. The van der Waals surface area contributed by atoms with Crippen molar-refractivity contribution in [1.82, 2.24) is 5.32 Å². The minimum Gasteiger partial charge on any atom is -0.465 e. The van der Waals surface area contributed by atoms with Crippen LogP contribution in [0.3, 0.4) is 0 Å². The van der Waals surface area contributed by atoms with Crippen molar-refractivity contribution < 1.29 is 19.1 Å². The van der Waals surface area contributed by atoms with Gasteiger partial charge in [-0.25, -0.2) is 10.1 Å². The first-order valence-electron chi connectivity index (χ1n) is 8.28. The number of aldehydes is 1. The van der Waals surface area contributed by atoms with Gasteiger partial charge in [-0.3, -0.25) is 9.59 Å². The van der Waals surface area contributed by atoms with Gasteiger partial charge in [0.2, 0.25) is 0 Å². The van der Waals surface area contributed by atoms with Crippen molar-refractivity contribution in [3.8, 4) is 11.1 Å². The van der Waals surface area contributed by atoms with E-state index in [2.05, 4.69) is 5.32 Å². The molecule has 27 heavy (non-hydrogen) atoms. The van der Waals surface area contributed by atoms with E-state index < -0.39 is 5.97 Å². The Kier molecular flexibility index (Phi) is 4.05. The summed E-state index contributed by atoms with van der Waals surface area (Å²) in [6.07, 6.45) is 3.72. The average molecular weight is 356 g/mol. The summed E-state index contributed by atoms with van der Waals surface area (Å²) in [5.74, 6) is -0.839. The molecule has 3 aromatic rings. The summed E-state index contributed by atoms with van der Waals surface area (Å²) < 4.78 is 4.90. The van der Waals surface area contributed by atoms with Gasteiger partial charge in [-0.05, 0) is 45.3 Å². The van der Waals surface area contributed by atoms with E-state index in [4.69, 9.17) is 4.74 Å². The minimum absolute atomic E-state index is 0.368. The van der Waals surface area contributed by atoms with E-state index in [1.165, 1.54) is 19.4 Å². The molecule has 0 N–H and O–H groups in total. The van der Waals surface area contributed by atoms with Crippen molar-refractivity contribution in [3.63, 3.8) is 0 Å². The highest BCUT2D eigenvalue weighted by Crippen LogP contribution is 2.25. The van der Waals surface area contributed by atoms with E-state index in [1.54, 1.807) is 18.2 Å². The Morgan fingerprint density at radius 1 is 1.04 bits per heavy atom. The molecule has 0 spiro atoms. The number of methoxy groups -OCH3 is 1. The maximum absolute atomic E-state index is 12.2. The molecule has 0 aromatic heterocycles. The Hall–Kier alpha value is -3.73. The molecule has 0 atom stereocenters. The van der Waals surface area contributed by atoms with Crippen LogP contribution in [0.5, 0.6) is 0 Å². The second-order valence-electron chi connectivity index (χ2n) is 6.16. The van der Waals surface area contributed by atoms with E-state index in [9.17, 15) is 14.4 Å². The third-order valence-corrected chi connectivity index (χ3v) is 4.57. The standard InChI is InChI=1S/C22H14NO4/c1-27-22(26)19-9-16-10-21(25)23-11-20(16)18-8-15(5-6-17(18)19)14-4-2-3-13(7-14)12-24/h2-12H,1H3. The lowest BCUT2D eigenvalue weighted by molar-refractivity contribution is -0.114. The van der Waals surface area contributed by atoms with Crippen LogP contribution in [0, 0.1) is 0 Å². The number of esters is 1. The monoisotopic (exact) mass is 356 g/mol. The number of fused-ring (bicyclic) bond motifs is 3. The summed E-state index contributed by atoms with van der Waals surface area (Å²) in [4.78, 5) is 35.0. The molecule has 131 valence electrons. The molecule has 0 unspecified atom stereocenters. The molecule has 5 nitrogen and oxygen atoms in total. The molecule has 3 aromatic carbocycles. The van der Waals surface area contributed by atoms with Gasteiger partial charge in [0.1, 0.15) is 6.29 Å². The fourth-order valence-electron chi connectivity index (χ4n) is 3.28. The van der Waals surface area contributed by atoms with Crippen molar-refractivity contribution in [2.24, 2.45) is 0 Å². The molecule has 1 aliphatic rings. The predicted octanol–water partition coefficient (Wildman–Crippen LogP) is 1.77. The van der Waals surface area contributed by atoms with Crippen LogP contribution in [0.4, 0.5) is 0 Å². The summed E-state index contributed by atoms with van der Waals surface area (Å²) in [7, 11) is 1.32. The van der Waals surface area contributed by atoms with Gasteiger partial charge in [-0.15, -0.1) is 0 Å². The summed E-state index contributed by atoms with van der Waals surface area (Å²) in [6, 6.07) is 14.6. The Labute approximate surface area is 154 Å². The van der Waals surface area contributed by atoms with Crippen LogP contribution in [0.2, 0.25) is 0 Å². The van der Waals surface area contributed by atoms with Gasteiger partial charge < -0.3 is 4.74 Å². The van der Waals surface area contributed by atoms with Crippen LogP contribution < -0.4 is 15.8 Å². The highest BCUT2D eigenvalue weighted by atomic mass is 16.5. The first kappa shape index (κ1) is 16.7. The zero-order chi connectivity index (χ0) is 19.0. The van der Waals surface area contributed by atoms with Gasteiger partial charge in [0.05, 0.1) is 12.7 Å². The fourth-order valence-corrected chi connectivity index (χ4v) is 3.28. The molecular formula is C22H14NO4. The topological polar surface area (TPSA) is 74.5 Å². The second kappa shape index (κ2) is 6.53. The van der Waals surface area contributed by atoms with E-state index in [0.29, 0.717) is 21.7 Å². The summed E-state index contributed by atoms with van der Waals surface area (Å²) in [5.41, 5.74) is 2.74. The molecule has 1 radical (unpaired) electrons. The number of hydrogen-bond donors (Lipinski definition) is 0. The minimum atomic E-state index is -0.470. The molecular weight excluding hydrogens is 342 g/mol. The number of amides is 1. The van der Waals surface area contributed by atoms with Crippen molar-refractivity contribution in [2.45, 2.75) is 0 Å². The molecule has 4 rings (SSSR count). The van der Waals surface area contributed by atoms with Crippen molar-refractivity contribution in [3.05, 3.63) is 70.1 Å². The molecule has 0 aliphatic carbocycles. The number of ether oxygens (including phenoxy) is 1. The first-order valence-corrected chi connectivity index (χ1v) is 8.28. The highest BCUT2D eigenvalue weighted by Gasteiger charge is 2.15. The van der Waals surface area contributed by atoms with Gasteiger partial charge >= 0.3 is 5.97 Å². The van der Waals surface area contributed by atoms with E-state index in [1.807, 2.05) is 30.3 Å². The molecule has 1 heterocycles. The van der Waals surface area contributed by atoms with Crippen LogP contribution in [0.1, 0.15) is 20.7 Å². The lowest BCUT2D eigenvalue weighted by Crippen LogP contribution is -2.34. The van der Waals surface area contributed by atoms with Crippen molar-refractivity contribution in [2.75, 3.05) is 7.11 Å². The number of nitrogens with zero attached hydrogens (tertiary/aromatic N) is 1. The molecule has 0 fully saturated rings. The van der Waals surface area contributed by atoms with Gasteiger partial charge in [0, 0.05) is 23.1 Å². The van der Waals surface area contributed by atoms with Crippen LogP contribution in [0.25, 0.3) is 34.2 Å². The van der Waals surface area contributed by atoms with Crippen LogP contribution in [-0.2, 0) is 9.53 Å². The Morgan fingerprint density at radius 3 is 2.63 bits per heavy atom. The van der Waals surface area contributed by atoms with Gasteiger partial charge in [0.15, 0.2) is 0 Å². The zero-order valence-electron chi connectivity index (χ0n) is 14.4. The van der Waals surface area contributed by atoms with Gasteiger partial charge in [-0.2, -0.15) is 0 Å². The van der Waals surface area contributed by atoms with Crippen LogP contribution in [0.15, 0.2) is 48.5 Å². The first-order chi connectivity index (χ1) is 13.1. The molecule has 1 aliphatic heterocycles. The number of carbonyl (C=O) groups is 3. The summed E-state index contributed by atoms with van der Waals surface area (Å²) in [5, 5.41) is 6.76.